The highest BCUT2D eigenvalue weighted by Gasteiger charge is 2.39. The van der Waals surface area contributed by atoms with Crippen LogP contribution >= 0.6 is 0 Å². The van der Waals surface area contributed by atoms with Gasteiger partial charge in [0.05, 0.1) is 10.5 Å². The standard InChI is InChI=1S/C27H31F6N5O3.CH4/c28-26(29,30)20-4-6-21(7-5-20)36-15-13-34(14-16-36)10-1-3-25(39)37-12-2-11-35(17-18-37)22-8-9-24(38(40)41)23(19-22)27(31,32)33;/h4-9,19H,1-3,10-18H2;1H4. The average molecular weight is 604 g/mol. The topological polar surface area (TPSA) is 73.2 Å². The van der Waals surface area contributed by atoms with Crippen LogP contribution in [0, 0.1) is 10.1 Å². The van der Waals surface area contributed by atoms with Crippen LogP contribution < -0.4 is 9.80 Å². The molecule has 2 heterocycles. The van der Waals surface area contributed by atoms with Gasteiger partial charge in [-0.15, -0.1) is 0 Å². The number of nitro groups is 1. The van der Waals surface area contributed by atoms with E-state index < -0.39 is 34.1 Å². The number of alkyl halides is 6. The van der Waals surface area contributed by atoms with Gasteiger partial charge in [-0.1, -0.05) is 7.43 Å². The van der Waals surface area contributed by atoms with Crippen LogP contribution in [0.3, 0.4) is 0 Å². The van der Waals surface area contributed by atoms with Crippen LogP contribution in [0.1, 0.15) is 37.8 Å². The smallest absolute Gasteiger partial charge is 0.370 e. The molecule has 2 saturated heterocycles. The molecular weight excluding hydrogens is 568 g/mol. The average Bonchev–Trinajstić information content (AvgIpc) is 3.19. The summed E-state index contributed by atoms with van der Waals surface area (Å²) in [6, 6.07) is 8.11. The van der Waals surface area contributed by atoms with Crippen LogP contribution in [0.15, 0.2) is 42.5 Å². The Morgan fingerprint density at radius 1 is 0.786 bits per heavy atom. The highest BCUT2D eigenvalue weighted by atomic mass is 19.4. The zero-order valence-electron chi connectivity index (χ0n) is 22.3. The number of anilines is 2. The largest absolute Gasteiger partial charge is 0.423 e. The third-order valence-electron chi connectivity index (χ3n) is 7.49. The molecule has 2 aromatic rings. The molecule has 0 unspecified atom stereocenters. The van der Waals surface area contributed by atoms with Crippen molar-refractivity contribution in [1.82, 2.24) is 9.80 Å². The highest BCUT2D eigenvalue weighted by molar-refractivity contribution is 5.76. The number of nitrogens with zero attached hydrogens (tertiary/aromatic N) is 5. The molecule has 42 heavy (non-hydrogen) atoms. The Hall–Kier alpha value is -3.55. The maximum absolute atomic E-state index is 13.4. The molecule has 0 radical (unpaired) electrons. The molecule has 2 aromatic carbocycles. The summed E-state index contributed by atoms with van der Waals surface area (Å²) in [7, 11) is 0. The van der Waals surface area contributed by atoms with Gasteiger partial charge in [0.25, 0.3) is 5.69 Å². The minimum Gasteiger partial charge on any atom is -0.370 e. The minimum absolute atomic E-state index is 0. The molecule has 4 rings (SSSR count). The fourth-order valence-electron chi connectivity index (χ4n) is 5.23. The molecule has 0 aliphatic carbocycles. The lowest BCUT2D eigenvalue weighted by molar-refractivity contribution is -0.388. The Labute approximate surface area is 240 Å². The Morgan fingerprint density at radius 3 is 1.98 bits per heavy atom. The van der Waals surface area contributed by atoms with Crippen molar-refractivity contribution in [3.63, 3.8) is 0 Å². The van der Waals surface area contributed by atoms with E-state index in [0.29, 0.717) is 65.1 Å². The molecule has 2 fully saturated rings. The monoisotopic (exact) mass is 603 g/mol. The van der Waals surface area contributed by atoms with E-state index in [1.807, 2.05) is 4.90 Å². The molecular formula is C28H35F6N5O3. The lowest BCUT2D eigenvalue weighted by atomic mass is 10.1. The summed E-state index contributed by atoms with van der Waals surface area (Å²) < 4.78 is 78.5. The number of hydrogen-bond acceptors (Lipinski definition) is 6. The lowest BCUT2D eigenvalue weighted by Gasteiger charge is -2.36. The lowest BCUT2D eigenvalue weighted by Crippen LogP contribution is -2.46. The molecule has 0 atom stereocenters. The van der Waals surface area contributed by atoms with E-state index in [-0.39, 0.29) is 19.0 Å². The fraction of sp³-hybridized carbons (Fsp3) is 0.536. The van der Waals surface area contributed by atoms with Gasteiger partial charge in [0.15, 0.2) is 0 Å². The van der Waals surface area contributed by atoms with Gasteiger partial charge >= 0.3 is 12.4 Å². The molecule has 2 aliphatic heterocycles. The minimum atomic E-state index is -4.86. The van der Waals surface area contributed by atoms with E-state index in [2.05, 4.69) is 4.90 Å². The normalized spacial score (nSPS) is 17.0. The number of carbonyl (C=O) groups excluding carboxylic acids is 1. The third kappa shape index (κ3) is 8.26. The van der Waals surface area contributed by atoms with E-state index in [0.717, 1.165) is 43.0 Å². The van der Waals surface area contributed by atoms with Crippen molar-refractivity contribution in [2.75, 3.05) is 68.7 Å². The molecule has 0 N–H and O–H groups in total. The predicted molar refractivity (Wildman–Crippen MR) is 148 cm³/mol. The second-order valence-corrected chi connectivity index (χ2v) is 10.2. The Kier molecular flexibility index (Phi) is 10.7. The van der Waals surface area contributed by atoms with E-state index in [1.54, 1.807) is 9.80 Å². The van der Waals surface area contributed by atoms with Crippen LogP contribution in [0.5, 0.6) is 0 Å². The molecule has 232 valence electrons. The summed E-state index contributed by atoms with van der Waals surface area (Å²) in [6.45, 7) is 5.03. The highest BCUT2D eigenvalue weighted by Crippen LogP contribution is 2.38. The number of halogens is 6. The van der Waals surface area contributed by atoms with Gasteiger partial charge in [0, 0.05) is 76.2 Å². The number of piperazine rings is 1. The SMILES string of the molecule is C.O=C(CCCN1CCN(c2ccc(C(F)(F)F)cc2)CC1)N1CCCN(c2ccc([N+](=O)[O-])c(C(F)(F)F)c2)CC1. The second-order valence-electron chi connectivity index (χ2n) is 10.2. The molecule has 14 heteroatoms. The summed E-state index contributed by atoms with van der Waals surface area (Å²) in [5.74, 6) is -0.0325. The predicted octanol–water partition coefficient (Wildman–Crippen LogP) is 5.91. The molecule has 0 spiro atoms. The fourth-order valence-corrected chi connectivity index (χ4v) is 5.23. The van der Waals surface area contributed by atoms with Crippen molar-refractivity contribution in [1.29, 1.82) is 0 Å². The van der Waals surface area contributed by atoms with Gasteiger partial charge in [-0.05, 0) is 55.8 Å². The van der Waals surface area contributed by atoms with Gasteiger partial charge in [-0.25, -0.2) is 0 Å². The third-order valence-corrected chi connectivity index (χ3v) is 7.49. The molecule has 2 aliphatic rings. The molecule has 0 aromatic heterocycles. The molecule has 0 saturated carbocycles. The number of amides is 1. The number of hydrogen-bond donors (Lipinski definition) is 0. The van der Waals surface area contributed by atoms with Crippen LogP contribution in [-0.2, 0) is 17.1 Å². The van der Waals surface area contributed by atoms with E-state index in [9.17, 15) is 41.3 Å². The van der Waals surface area contributed by atoms with Crippen molar-refractivity contribution in [3.8, 4) is 0 Å². The van der Waals surface area contributed by atoms with E-state index in [4.69, 9.17) is 0 Å². The summed E-state index contributed by atoms with van der Waals surface area (Å²) >= 11 is 0. The van der Waals surface area contributed by atoms with Crippen molar-refractivity contribution in [2.45, 2.75) is 39.0 Å². The Balaban J connectivity index is 0.00000484. The van der Waals surface area contributed by atoms with E-state index >= 15 is 0 Å². The quantitative estimate of drug-likeness (QED) is 0.223. The van der Waals surface area contributed by atoms with Crippen LogP contribution in [0.4, 0.5) is 43.4 Å². The summed E-state index contributed by atoms with van der Waals surface area (Å²) in [5, 5.41) is 11.0. The van der Waals surface area contributed by atoms with Gasteiger partial charge in [-0.3, -0.25) is 19.8 Å². The summed E-state index contributed by atoms with van der Waals surface area (Å²) in [4.78, 5) is 30.5. The first-order valence-corrected chi connectivity index (χ1v) is 13.4. The number of nitro benzene ring substituents is 1. The van der Waals surface area contributed by atoms with Crippen molar-refractivity contribution in [3.05, 3.63) is 63.7 Å². The van der Waals surface area contributed by atoms with Gasteiger partial charge in [-0.2, -0.15) is 26.3 Å². The van der Waals surface area contributed by atoms with Crippen LogP contribution in [0.25, 0.3) is 0 Å². The van der Waals surface area contributed by atoms with Crippen molar-refractivity contribution >= 4 is 23.0 Å². The molecule has 0 bridgehead atoms. The van der Waals surface area contributed by atoms with Gasteiger partial charge in [0.2, 0.25) is 5.91 Å². The van der Waals surface area contributed by atoms with Gasteiger partial charge in [0.1, 0.15) is 5.56 Å². The second kappa shape index (κ2) is 13.6. The maximum Gasteiger partial charge on any atom is 0.423 e. The first-order valence-electron chi connectivity index (χ1n) is 13.4. The van der Waals surface area contributed by atoms with Crippen LogP contribution in [0.2, 0.25) is 0 Å². The Morgan fingerprint density at radius 2 is 1.38 bits per heavy atom. The zero-order valence-corrected chi connectivity index (χ0v) is 22.3. The van der Waals surface area contributed by atoms with E-state index in [1.165, 1.54) is 18.2 Å². The summed E-state index contributed by atoms with van der Waals surface area (Å²) in [5.41, 5.74) is -1.99. The molecule has 8 nitrogen and oxygen atoms in total. The number of benzene rings is 2. The number of rotatable bonds is 7. The first kappa shape index (κ1) is 33.0. The van der Waals surface area contributed by atoms with Crippen molar-refractivity contribution in [2.24, 2.45) is 0 Å². The number of carbonyl (C=O) groups is 1. The Bertz CT molecular complexity index is 1210. The first-order chi connectivity index (χ1) is 19.3. The van der Waals surface area contributed by atoms with Gasteiger partial charge < -0.3 is 14.7 Å². The molecule has 1 amide bonds. The summed E-state index contributed by atoms with van der Waals surface area (Å²) in [6.07, 6.45) is -7.71. The maximum atomic E-state index is 13.4. The van der Waals surface area contributed by atoms with Crippen molar-refractivity contribution < 1.29 is 36.1 Å². The van der Waals surface area contributed by atoms with Crippen LogP contribution in [-0.4, -0.2) is 79.5 Å². The zero-order chi connectivity index (χ0) is 29.8.